The molecule has 1 aliphatic rings. The molecule has 0 spiro atoms. The molecule has 0 aliphatic carbocycles. The molecule has 0 fully saturated rings. The van der Waals surface area contributed by atoms with Crippen LogP contribution in [0.25, 0.3) is 22.4 Å². The van der Waals surface area contributed by atoms with Gasteiger partial charge in [0.05, 0.1) is 34.6 Å². The highest BCUT2D eigenvalue weighted by Crippen LogP contribution is 2.39. The summed E-state index contributed by atoms with van der Waals surface area (Å²) in [5.74, 6) is -0.393. The molecule has 2 amide bonds. The van der Waals surface area contributed by atoms with Crippen molar-refractivity contribution in [3.63, 3.8) is 0 Å². The maximum absolute atomic E-state index is 13.5. The summed E-state index contributed by atoms with van der Waals surface area (Å²) in [5, 5.41) is 17.1. The fourth-order valence-corrected chi connectivity index (χ4v) is 5.50. The number of alkyl halides is 2. The Kier molecular flexibility index (Phi) is 8.91. The van der Waals surface area contributed by atoms with Crippen LogP contribution in [0.15, 0.2) is 48.8 Å². The minimum Gasteiger partial charge on any atom is -0.453 e. The SMILES string of the molecule is COC(=O)Nc1ccc2c(c1)NC(=O)C(C)(C)CCC[C@H](c1ccc(-c3cc(Cl)cnc3OC(F)F)c[n+]1O)c1nc-2c(C)[nH]1. The number of fused-ring (bicyclic) bond motifs is 4. The van der Waals surface area contributed by atoms with Crippen molar-refractivity contribution in [2.45, 2.75) is 52.6 Å². The van der Waals surface area contributed by atoms with Gasteiger partial charge in [-0.2, -0.15) is 8.78 Å². The third-order valence-corrected chi connectivity index (χ3v) is 7.95. The Labute approximate surface area is 262 Å². The molecular weight excluding hydrogens is 610 g/mol. The predicted molar refractivity (Wildman–Crippen MR) is 162 cm³/mol. The minimum atomic E-state index is -3.10. The first-order valence-corrected chi connectivity index (χ1v) is 14.5. The number of halogens is 3. The van der Waals surface area contributed by atoms with Crippen molar-refractivity contribution in [2.75, 3.05) is 17.7 Å². The summed E-state index contributed by atoms with van der Waals surface area (Å²) >= 11 is 6.09. The lowest BCUT2D eigenvalue weighted by Gasteiger charge is -2.25. The van der Waals surface area contributed by atoms with Crippen molar-refractivity contribution < 1.29 is 37.8 Å². The van der Waals surface area contributed by atoms with E-state index in [9.17, 15) is 23.6 Å². The van der Waals surface area contributed by atoms with E-state index >= 15 is 0 Å². The van der Waals surface area contributed by atoms with E-state index in [1.807, 2.05) is 20.8 Å². The first-order chi connectivity index (χ1) is 21.4. The first-order valence-electron chi connectivity index (χ1n) is 14.1. The fourth-order valence-electron chi connectivity index (χ4n) is 5.34. The van der Waals surface area contributed by atoms with E-state index < -0.39 is 24.0 Å². The molecule has 14 heteroatoms. The minimum absolute atomic E-state index is 0.178. The van der Waals surface area contributed by atoms with Gasteiger partial charge in [0.25, 0.3) is 0 Å². The van der Waals surface area contributed by atoms with Crippen LogP contribution < -0.4 is 20.1 Å². The van der Waals surface area contributed by atoms with Crippen LogP contribution in [-0.4, -0.2) is 45.9 Å². The van der Waals surface area contributed by atoms with Crippen LogP contribution in [0.1, 0.15) is 56.2 Å². The van der Waals surface area contributed by atoms with Gasteiger partial charge in [0.1, 0.15) is 11.7 Å². The van der Waals surface area contributed by atoms with E-state index in [0.717, 1.165) is 10.4 Å². The van der Waals surface area contributed by atoms with Crippen molar-refractivity contribution in [1.29, 1.82) is 0 Å². The van der Waals surface area contributed by atoms with Gasteiger partial charge in [-0.05, 0) is 50.1 Å². The van der Waals surface area contributed by atoms with E-state index in [2.05, 4.69) is 25.3 Å². The number of H-pyrrole nitrogens is 1. The normalized spacial score (nSPS) is 16.2. The Morgan fingerprint density at radius 2 is 2.00 bits per heavy atom. The smallest absolute Gasteiger partial charge is 0.411 e. The maximum Gasteiger partial charge on any atom is 0.411 e. The molecule has 45 heavy (non-hydrogen) atoms. The van der Waals surface area contributed by atoms with E-state index in [4.69, 9.17) is 21.3 Å². The van der Waals surface area contributed by atoms with Gasteiger partial charge in [0.2, 0.25) is 23.7 Å². The van der Waals surface area contributed by atoms with Crippen molar-refractivity contribution in [3.8, 4) is 28.3 Å². The zero-order valence-electron chi connectivity index (χ0n) is 25.0. The van der Waals surface area contributed by atoms with Gasteiger partial charge in [0.15, 0.2) is 0 Å². The number of hydrogen-bond acceptors (Lipinski definition) is 7. The lowest BCUT2D eigenvalue weighted by molar-refractivity contribution is -0.909. The molecule has 2 bridgehead atoms. The molecule has 4 aromatic rings. The van der Waals surface area contributed by atoms with Gasteiger partial charge in [-0.15, -0.1) is 0 Å². The highest BCUT2D eigenvalue weighted by molar-refractivity contribution is 6.30. The molecule has 11 nitrogen and oxygen atoms in total. The summed E-state index contributed by atoms with van der Waals surface area (Å²) in [4.78, 5) is 37.5. The van der Waals surface area contributed by atoms with Crippen LogP contribution in [0.5, 0.6) is 5.88 Å². The monoisotopic (exact) mass is 641 g/mol. The molecule has 0 saturated heterocycles. The van der Waals surface area contributed by atoms with Gasteiger partial charge >= 0.3 is 12.7 Å². The molecule has 1 aromatic carbocycles. The lowest BCUT2D eigenvalue weighted by Crippen LogP contribution is -2.37. The van der Waals surface area contributed by atoms with Crippen LogP contribution >= 0.6 is 11.6 Å². The number of aromatic amines is 1. The predicted octanol–water partition coefficient (Wildman–Crippen LogP) is 6.69. The highest BCUT2D eigenvalue weighted by atomic mass is 35.5. The van der Waals surface area contributed by atoms with Gasteiger partial charge in [-0.1, -0.05) is 31.9 Å². The number of pyridine rings is 2. The standard InChI is InChI=1S/C31H31ClF2N6O5/c1-16-25-20-9-8-19(37-30(42)44-4)13-23(20)38-28(41)31(2,3)11-5-6-21(26(36-16)39-25)24-10-7-17(15-40(24)43)22-12-18(32)14-35-27(22)45-29(33)34/h7-10,12-15,21,29H,5-6,11H2,1-4H3,(H3-,36,37,38,39,41,42,43)/p+1/t21-/m1/s1. The van der Waals surface area contributed by atoms with Crippen LogP contribution in [0.2, 0.25) is 5.02 Å². The van der Waals surface area contributed by atoms with E-state index in [0.29, 0.717) is 59.0 Å². The second kappa shape index (κ2) is 12.7. The average Bonchev–Trinajstić information content (AvgIpc) is 3.36. The molecule has 0 radical (unpaired) electrons. The number of ether oxygens (including phenoxy) is 2. The van der Waals surface area contributed by atoms with Crippen molar-refractivity contribution in [3.05, 3.63) is 71.0 Å². The van der Waals surface area contributed by atoms with Gasteiger partial charge in [-0.3, -0.25) is 15.3 Å². The Morgan fingerprint density at radius 3 is 2.71 bits per heavy atom. The number of carbonyl (C=O) groups is 2. The molecule has 1 aliphatic heterocycles. The molecule has 0 saturated carbocycles. The molecule has 0 unspecified atom stereocenters. The Hall–Kier alpha value is -4.78. The summed E-state index contributed by atoms with van der Waals surface area (Å²) in [6, 6.07) is 9.84. The number of aromatic nitrogens is 4. The number of nitrogens with zero attached hydrogens (tertiary/aromatic N) is 3. The summed E-state index contributed by atoms with van der Waals surface area (Å²) in [6.07, 6.45) is 3.56. The van der Waals surface area contributed by atoms with Crippen molar-refractivity contribution >= 4 is 35.0 Å². The quantitative estimate of drug-likeness (QED) is 0.141. The third kappa shape index (κ3) is 6.83. The summed E-state index contributed by atoms with van der Waals surface area (Å²) in [6.45, 7) is 2.46. The average molecular weight is 642 g/mol. The second-order valence-corrected chi connectivity index (χ2v) is 11.8. The fraction of sp³-hybridized carbons (Fsp3) is 0.323. The maximum atomic E-state index is 13.5. The number of benzene rings is 1. The molecular formula is C31H32ClF2N6O5+. The van der Waals surface area contributed by atoms with E-state index in [1.165, 1.54) is 25.6 Å². The van der Waals surface area contributed by atoms with Crippen molar-refractivity contribution in [2.24, 2.45) is 5.41 Å². The molecule has 4 N–H and O–H groups in total. The van der Waals surface area contributed by atoms with Crippen LogP contribution in [0, 0.1) is 12.3 Å². The second-order valence-electron chi connectivity index (χ2n) is 11.3. The molecule has 1 atom stereocenters. The van der Waals surface area contributed by atoms with Gasteiger partial charge in [0, 0.05) is 39.4 Å². The zero-order chi connectivity index (χ0) is 32.5. The largest absolute Gasteiger partial charge is 0.453 e. The molecule has 5 rings (SSSR count). The van der Waals surface area contributed by atoms with Crippen LogP contribution in [0.4, 0.5) is 25.0 Å². The summed E-state index contributed by atoms with van der Waals surface area (Å²) in [5.41, 5.74) is 3.05. The summed E-state index contributed by atoms with van der Waals surface area (Å²) in [7, 11) is 1.26. The Bertz CT molecular complexity index is 1760. The van der Waals surface area contributed by atoms with E-state index in [1.54, 1.807) is 30.3 Å². The molecule has 4 heterocycles. The lowest BCUT2D eigenvalue weighted by atomic mass is 9.83. The topological polar surface area (TPSA) is 142 Å². The van der Waals surface area contributed by atoms with Crippen LogP contribution in [0.3, 0.4) is 0 Å². The number of hydrogen-bond donors (Lipinski definition) is 4. The number of aryl methyl sites for hydroxylation is 1. The number of anilines is 2. The van der Waals surface area contributed by atoms with Gasteiger partial charge < -0.3 is 19.8 Å². The Morgan fingerprint density at radius 1 is 1.22 bits per heavy atom. The zero-order valence-corrected chi connectivity index (χ0v) is 25.7. The number of methoxy groups -OCH3 is 1. The number of imidazole rings is 1. The van der Waals surface area contributed by atoms with Gasteiger partial charge in [-0.25, -0.2) is 14.8 Å². The number of nitrogens with one attached hydrogen (secondary N) is 3. The summed E-state index contributed by atoms with van der Waals surface area (Å²) < 4.78 is 36.3. The Balaban J connectivity index is 1.59. The molecule has 236 valence electrons. The number of carbonyl (C=O) groups excluding carboxylic acids is 2. The number of rotatable bonds is 5. The van der Waals surface area contributed by atoms with Crippen molar-refractivity contribution in [1.82, 2.24) is 15.0 Å². The van der Waals surface area contributed by atoms with Crippen LogP contribution in [-0.2, 0) is 9.53 Å². The van der Waals surface area contributed by atoms with E-state index in [-0.39, 0.29) is 22.4 Å². The third-order valence-electron chi connectivity index (χ3n) is 7.74. The first kappa shape index (κ1) is 31.6. The highest BCUT2D eigenvalue weighted by Gasteiger charge is 2.34. The molecule has 3 aromatic heterocycles. The number of amides is 2.